The third-order valence-corrected chi connectivity index (χ3v) is 7.10. The Balaban J connectivity index is 1.27. The highest BCUT2D eigenvalue weighted by atomic mass is 16.2. The molecule has 0 unspecified atom stereocenters. The number of anilines is 1. The van der Waals surface area contributed by atoms with Gasteiger partial charge >= 0.3 is 0 Å². The number of rotatable bonds is 4. The molecule has 0 aromatic carbocycles. The summed E-state index contributed by atoms with van der Waals surface area (Å²) in [5, 5.41) is 0. The molecule has 1 spiro atoms. The van der Waals surface area contributed by atoms with Crippen molar-refractivity contribution in [1.82, 2.24) is 14.9 Å². The molecule has 5 nitrogen and oxygen atoms in total. The van der Waals surface area contributed by atoms with Crippen LogP contribution in [0.4, 0.5) is 5.82 Å². The lowest BCUT2D eigenvalue weighted by atomic mass is 9.57. The number of hydrogen-bond acceptors (Lipinski definition) is 4. The minimum atomic E-state index is 0.113. The maximum atomic E-state index is 12.0. The SMILES string of the molecule is CC(C)C(=O)N1CC2(CC(c3cnc(N4CCC(C(C)C)CC4)cn3)C2)C1. The number of nitrogens with zero attached hydrogens (tertiary/aromatic N) is 4. The zero-order valence-corrected chi connectivity index (χ0v) is 17.3. The Hall–Kier alpha value is -1.65. The highest BCUT2D eigenvalue weighted by Crippen LogP contribution is 2.55. The molecule has 2 aliphatic heterocycles. The molecular weight excluding hydrogens is 336 g/mol. The van der Waals surface area contributed by atoms with Gasteiger partial charge in [-0.25, -0.2) is 4.98 Å². The first kappa shape index (κ1) is 18.7. The molecule has 1 amide bonds. The normalized spacial score (nSPS) is 23.0. The maximum Gasteiger partial charge on any atom is 0.225 e. The van der Waals surface area contributed by atoms with Crippen LogP contribution < -0.4 is 4.90 Å². The van der Waals surface area contributed by atoms with Crippen molar-refractivity contribution in [1.29, 1.82) is 0 Å². The van der Waals surface area contributed by atoms with Gasteiger partial charge in [0.15, 0.2) is 0 Å². The molecule has 5 heteroatoms. The van der Waals surface area contributed by atoms with Crippen molar-refractivity contribution in [2.24, 2.45) is 23.2 Å². The van der Waals surface area contributed by atoms with Gasteiger partial charge in [-0.1, -0.05) is 27.7 Å². The van der Waals surface area contributed by atoms with E-state index in [9.17, 15) is 4.79 Å². The van der Waals surface area contributed by atoms with Crippen LogP contribution >= 0.6 is 0 Å². The Morgan fingerprint density at radius 1 is 1.07 bits per heavy atom. The van der Waals surface area contributed by atoms with Crippen molar-refractivity contribution in [3.8, 4) is 0 Å². The van der Waals surface area contributed by atoms with E-state index < -0.39 is 0 Å². The Labute approximate surface area is 163 Å². The van der Waals surface area contributed by atoms with E-state index in [-0.39, 0.29) is 5.92 Å². The van der Waals surface area contributed by atoms with Crippen LogP contribution in [0.3, 0.4) is 0 Å². The second-order valence-electron chi connectivity index (χ2n) is 9.82. The van der Waals surface area contributed by atoms with Crippen molar-refractivity contribution in [2.75, 3.05) is 31.1 Å². The summed E-state index contributed by atoms with van der Waals surface area (Å²) in [6.07, 6.45) is 8.81. The first-order valence-corrected chi connectivity index (χ1v) is 10.7. The van der Waals surface area contributed by atoms with E-state index in [1.165, 1.54) is 12.8 Å². The Kier molecular flexibility index (Phi) is 4.89. The van der Waals surface area contributed by atoms with Gasteiger partial charge in [0, 0.05) is 43.4 Å². The second kappa shape index (κ2) is 7.06. The third kappa shape index (κ3) is 3.57. The molecule has 3 fully saturated rings. The Bertz CT molecular complexity index is 662. The van der Waals surface area contributed by atoms with E-state index in [0.717, 1.165) is 62.4 Å². The van der Waals surface area contributed by atoms with Gasteiger partial charge in [-0.05, 0) is 37.5 Å². The lowest BCUT2D eigenvalue weighted by molar-refractivity contribution is -0.154. The first-order valence-electron chi connectivity index (χ1n) is 10.7. The van der Waals surface area contributed by atoms with Gasteiger partial charge in [-0.3, -0.25) is 9.78 Å². The summed E-state index contributed by atoms with van der Waals surface area (Å²) in [5.41, 5.74) is 1.50. The number of piperidine rings is 1. The van der Waals surface area contributed by atoms with Gasteiger partial charge in [0.2, 0.25) is 5.91 Å². The number of hydrogen-bond donors (Lipinski definition) is 0. The van der Waals surface area contributed by atoms with Crippen molar-refractivity contribution < 1.29 is 4.79 Å². The number of carbonyl (C=O) groups is 1. The molecule has 1 saturated carbocycles. The van der Waals surface area contributed by atoms with Gasteiger partial charge in [0.25, 0.3) is 0 Å². The van der Waals surface area contributed by atoms with E-state index in [0.29, 0.717) is 17.2 Å². The monoisotopic (exact) mass is 370 g/mol. The van der Waals surface area contributed by atoms with Crippen LogP contribution in [-0.4, -0.2) is 47.0 Å². The van der Waals surface area contributed by atoms with Crippen LogP contribution in [-0.2, 0) is 4.79 Å². The highest BCUT2D eigenvalue weighted by Gasteiger charge is 2.54. The molecule has 3 heterocycles. The summed E-state index contributed by atoms with van der Waals surface area (Å²) in [5.74, 6) is 3.60. The number of amides is 1. The Morgan fingerprint density at radius 3 is 2.26 bits per heavy atom. The molecule has 1 aromatic heterocycles. The fourth-order valence-corrected chi connectivity index (χ4v) is 5.24. The van der Waals surface area contributed by atoms with E-state index in [4.69, 9.17) is 9.97 Å². The molecule has 4 rings (SSSR count). The molecule has 3 aliphatic rings. The molecule has 148 valence electrons. The summed E-state index contributed by atoms with van der Waals surface area (Å²) in [6, 6.07) is 0. The van der Waals surface area contributed by atoms with Gasteiger partial charge in [0.05, 0.1) is 18.1 Å². The van der Waals surface area contributed by atoms with Crippen LogP contribution in [0, 0.1) is 23.2 Å². The highest BCUT2D eigenvalue weighted by molar-refractivity contribution is 5.79. The molecule has 0 bridgehead atoms. The van der Waals surface area contributed by atoms with Crippen LogP contribution in [0.15, 0.2) is 12.4 Å². The van der Waals surface area contributed by atoms with Crippen LogP contribution in [0.5, 0.6) is 0 Å². The smallest absolute Gasteiger partial charge is 0.225 e. The zero-order chi connectivity index (χ0) is 19.2. The standard InChI is InChI=1S/C22H34N4O/c1-15(2)17-5-7-25(8-6-17)20-12-23-19(11-24-20)18-9-22(10-18)13-26(14-22)21(27)16(3)4/h11-12,15-18H,5-10,13-14H2,1-4H3. The quantitative estimate of drug-likeness (QED) is 0.811. The van der Waals surface area contributed by atoms with E-state index in [2.05, 4.69) is 18.7 Å². The van der Waals surface area contributed by atoms with Crippen molar-refractivity contribution in [3.63, 3.8) is 0 Å². The van der Waals surface area contributed by atoms with Gasteiger partial charge < -0.3 is 9.80 Å². The molecule has 27 heavy (non-hydrogen) atoms. The van der Waals surface area contributed by atoms with Crippen LogP contribution in [0.1, 0.15) is 65.0 Å². The van der Waals surface area contributed by atoms with Gasteiger partial charge in [-0.2, -0.15) is 0 Å². The van der Waals surface area contributed by atoms with Crippen molar-refractivity contribution >= 4 is 11.7 Å². The molecule has 0 atom stereocenters. The minimum Gasteiger partial charge on any atom is -0.355 e. The number of aromatic nitrogens is 2. The predicted octanol–water partition coefficient (Wildman–Crippen LogP) is 3.71. The predicted molar refractivity (Wildman–Crippen MR) is 108 cm³/mol. The zero-order valence-electron chi connectivity index (χ0n) is 17.3. The molecule has 0 radical (unpaired) electrons. The lowest BCUT2D eigenvalue weighted by Gasteiger charge is -2.59. The molecule has 2 saturated heterocycles. The van der Waals surface area contributed by atoms with E-state index in [1.54, 1.807) is 0 Å². The number of likely N-dealkylation sites (tertiary alicyclic amines) is 1. The van der Waals surface area contributed by atoms with E-state index in [1.807, 2.05) is 31.1 Å². The number of carbonyl (C=O) groups excluding carboxylic acids is 1. The summed E-state index contributed by atoms with van der Waals surface area (Å²) < 4.78 is 0. The average molecular weight is 371 g/mol. The summed E-state index contributed by atoms with van der Waals surface area (Å²) in [6.45, 7) is 12.7. The minimum absolute atomic E-state index is 0.113. The fourth-order valence-electron chi connectivity index (χ4n) is 5.24. The maximum absolute atomic E-state index is 12.0. The largest absolute Gasteiger partial charge is 0.355 e. The van der Waals surface area contributed by atoms with Crippen molar-refractivity contribution in [2.45, 2.75) is 59.3 Å². The third-order valence-electron chi connectivity index (χ3n) is 7.10. The fraction of sp³-hybridized carbons (Fsp3) is 0.773. The molecule has 0 N–H and O–H groups in total. The summed E-state index contributed by atoms with van der Waals surface area (Å²) in [7, 11) is 0. The topological polar surface area (TPSA) is 49.3 Å². The Morgan fingerprint density at radius 2 is 1.74 bits per heavy atom. The lowest BCUT2D eigenvalue weighted by Crippen LogP contribution is -2.63. The average Bonchev–Trinajstić information content (AvgIpc) is 2.59. The van der Waals surface area contributed by atoms with Gasteiger partial charge in [-0.15, -0.1) is 0 Å². The summed E-state index contributed by atoms with van der Waals surface area (Å²) >= 11 is 0. The van der Waals surface area contributed by atoms with Crippen LogP contribution in [0.2, 0.25) is 0 Å². The molecule has 1 aliphatic carbocycles. The van der Waals surface area contributed by atoms with Crippen LogP contribution in [0.25, 0.3) is 0 Å². The molecule has 1 aromatic rings. The summed E-state index contributed by atoms with van der Waals surface area (Å²) in [4.78, 5) is 25.9. The second-order valence-corrected chi connectivity index (χ2v) is 9.82. The first-order chi connectivity index (χ1) is 12.9. The van der Waals surface area contributed by atoms with E-state index >= 15 is 0 Å². The van der Waals surface area contributed by atoms with Crippen molar-refractivity contribution in [3.05, 3.63) is 18.1 Å². The van der Waals surface area contributed by atoms with Gasteiger partial charge in [0.1, 0.15) is 5.82 Å². The molecular formula is C22H34N4O.